The van der Waals surface area contributed by atoms with Crippen molar-refractivity contribution in [3.63, 3.8) is 0 Å². The van der Waals surface area contributed by atoms with Gasteiger partial charge in [0.1, 0.15) is 7.38 Å². The summed E-state index contributed by atoms with van der Waals surface area (Å²) in [6, 6.07) is 1.29. The van der Waals surface area contributed by atoms with Gasteiger partial charge in [-0.1, -0.05) is 90.1 Å². The fourth-order valence-corrected chi connectivity index (χ4v) is 4.13. The first-order valence-corrected chi connectivity index (χ1v) is 13.2. The molecule has 0 fully saturated rings. The SMILES string of the molecule is C[Si](C)(Cl)CCCCCCCCCCCCCCCN. The molecule has 0 spiro atoms. The zero-order chi connectivity index (χ0) is 15.1. The van der Waals surface area contributed by atoms with Gasteiger partial charge in [0, 0.05) is 0 Å². The maximum Gasteiger partial charge on any atom is 0.150 e. The van der Waals surface area contributed by atoms with Crippen LogP contribution in [0.25, 0.3) is 0 Å². The molecule has 3 heteroatoms. The van der Waals surface area contributed by atoms with Gasteiger partial charge in [0.25, 0.3) is 0 Å². The molecule has 0 rings (SSSR count). The van der Waals surface area contributed by atoms with Crippen LogP contribution in [0.2, 0.25) is 19.1 Å². The van der Waals surface area contributed by atoms with Crippen LogP contribution in [0.1, 0.15) is 83.5 Å². The number of hydrogen-bond donors (Lipinski definition) is 1. The van der Waals surface area contributed by atoms with E-state index in [0.29, 0.717) is 0 Å². The van der Waals surface area contributed by atoms with Gasteiger partial charge in [-0.15, -0.1) is 0 Å². The lowest BCUT2D eigenvalue weighted by Gasteiger charge is -2.11. The maximum absolute atomic E-state index is 6.32. The molecule has 0 heterocycles. The van der Waals surface area contributed by atoms with E-state index < -0.39 is 7.38 Å². The number of halogens is 1. The van der Waals surface area contributed by atoms with Crippen LogP contribution >= 0.6 is 11.1 Å². The molecular weight excluding hydrogens is 282 g/mol. The molecule has 0 aliphatic carbocycles. The Kier molecular flexibility index (Phi) is 14.7. The Labute approximate surface area is 133 Å². The van der Waals surface area contributed by atoms with Gasteiger partial charge in [-0.2, -0.15) is 11.1 Å². The van der Waals surface area contributed by atoms with E-state index in [-0.39, 0.29) is 0 Å². The minimum absolute atomic E-state index is 0.866. The van der Waals surface area contributed by atoms with E-state index in [1.807, 2.05) is 0 Å². The average molecular weight is 320 g/mol. The van der Waals surface area contributed by atoms with E-state index in [0.717, 1.165) is 6.54 Å². The van der Waals surface area contributed by atoms with Crippen molar-refractivity contribution in [2.45, 2.75) is 103 Å². The van der Waals surface area contributed by atoms with Crippen LogP contribution < -0.4 is 5.73 Å². The van der Waals surface area contributed by atoms with Gasteiger partial charge in [0.2, 0.25) is 0 Å². The number of hydrogen-bond acceptors (Lipinski definition) is 1. The van der Waals surface area contributed by atoms with Gasteiger partial charge in [-0.05, 0) is 19.0 Å². The van der Waals surface area contributed by atoms with Crippen molar-refractivity contribution < 1.29 is 0 Å². The quantitative estimate of drug-likeness (QED) is 0.209. The Bertz CT molecular complexity index is 192. The summed E-state index contributed by atoms with van der Waals surface area (Å²) in [6.45, 7) is 5.37. The summed E-state index contributed by atoms with van der Waals surface area (Å²) < 4.78 is 0. The second-order valence-corrected chi connectivity index (χ2v) is 13.9. The molecule has 2 N–H and O–H groups in total. The molecule has 0 radical (unpaired) electrons. The van der Waals surface area contributed by atoms with Gasteiger partial charge >= 0.3 is 0 Å². The molecule has 0 saturated heterocycles. The Morgan fingerprint density at radius 3 is 1.20 bits per heavy atom. The second kappa shape index (κ2) is 14.4. The van der Waals surface area contributed by atoms with Gasteiger partial charge in [-0.3, -0.25) is 0 Å². The highest BCUT2D eigenvalue weighted by molar-refractivity contribution is 7.19. The number of unbranched alkanes of at least 4 members (excludes halogenated alkanes) is 12. The minimum Gasteiger partial charge on any atom is -0.330 e. The van der Waals surface area contributed by atoms with E-state index in [1.54, 1.807) is 0 Å². The number of rotatable bonds is 15. The largest absolute Gasteiger partial charge is 0.330 e. The van der Waals surface area contributed by atoms with Gasteiger partial charge < -0.3 is 5.73 Å². The fraction of sp³-hybridized carbons (Fsp3) is 1.00. The van der Waals surface area contributed by atoms with Gasteiger partial charge in [0.15, 0.2) is 0 Å². The predicted molar refractivity (Wildman–Crippen MR) is 97.2 cm³/mol. The normalized spacial score (nSPS) is 12.0. The molecular formula is C17H38ClNSi. The van der Waals surface area contributed by atoms with Crippen LogP contribution in [0, 0.1) is 0 Å². The molecule has 0 aliphatic heterocycles. The summed E-state index contributed by atoms with van der Waals surface area (Å²) >= 11 is 6.32. The molecule has 0 bridgehead atoms. The molecule has 0 amide bonds. The van der Waals surface area contributed by atoms with Crippen molar-refractivity contribution in [3.8, 4) is 0 Å². The van der Waals surface area contributed by atoms with Crippen LogP contribution in [-0.4, -0.2) is 13.9 Å². The minimum atomic E-state index is -1.29. The van der Waals surface area contributed by atoms with E-state index in [9.17, 15) is 0 Å². The highest BCUT2D eigenvalue weighted by Crippen LogP contribution is 2.19. The molecule has 1 nitrogen and oxygen atoms in total. The highest BCUT2D eigenvalue weighted by atomic mass is 35.6. The molecule has 122 valence electrons. The fourth-order valence-electron chi connectivity index (χ4n) is 2.63. The smallest absolute Gasteiger partial charge is 0.150 e. The van der Waals surface area contributed by atoms with Gasteiger partial charge in [-0.25, -0.2) is 0 Å². The van der Waals surface area contributed by atoms with E-state index >= 15 is 0 Å². The van der Waals surface area contributed by atoms with Crippen LogP contribution in [0.3, 0.4) is 0 Å². The lowest BCUT2D eigenvalue weighted by molar-refractivity contribution is 0.540. The first-order valence-electron chi connectivity index (χ1n) is 8.95. The second-order valence-electron chi connectivity index (χ2n) is 6.85. The maximum atomic E-state index is 6.32. The zero-order valence-electron chi connectivity index (χ0n) is 14.1. The molecule has 0 unspecified atom stereocenters. The average Bonchev–Trinajstić information content (AvgIpc) is 2.38. The lowest BCUT2D eigenvalue weighted by atomic mass is 10.0. The van der Waals surface area contributed by atoms with Crippen molar-refractivity contribution >= 4 is 18.5 Å². The van der Waals surface area contributed by atoms with Crippen molar-refractivity contribution in [3.05, 3.63) is 0 Å². The monoisotopic (exact) mass is 319 g/mol. The lowest BCUT2D eigenvalue weighted by Crippen LogP contribution is -2.14. The van der Waals surface area contributed by atoms with Crippen LogP contribution in [0.4, 0.5) is 0 Å². The van der Waals surface area contributed by atoms with Crippen molar-refractivity contribution in [1.82, 2.24) is 0 Å². The molecule has 0 aromatic heterocycles. The first kappa shape index (κ1) is 20.5. The molecule has 0 aromatic rings. The third-order valence-corrected chi connectivity index (χ3v) is 6.08. The number of nitrogens with two attached hydrogens (primary N) is 1. The predicted octanol–water partition coefficient (Wildman–Crippen LogP) is 6.46. The summed E-state index contributed by atoms with van der Waals surface area (Å²) in [5.41, 5.74) is 5.48. The molecule has 0 saturated carbocycles. The third kappa shape index (κ3) is 18.5. The Balaban J connectivity index is 2.99. The topological polar surface area (TPSA) is 26.0 Å². The molecule has 0 aromatic carbocycles. The Morgan fingerprint density at radius 1 is 0.600 bits per heavy atom. The van der Waals surface area contributed by atoms with Gasteiger partial charge in [0.05, 0.1) is 0 Å². The van der Waals surface area contributed by atoms with Crippen molar-refractivity contribution in [2.24, 2.45) is 5.73 Å². The zero-order valence-corrected chi connectivity index (χ0v) is 15.8. The molecule has 20 heavy (non-hydrogen) atoms. The highest BCUT2D eigenvalue weighted by Gasteiger charge is 2.15. The summed E-state index contributed by atoms with van der Waals surface area (Å²) in [4.78, 5) is 0. The first-order chi connectivity index (χ1) is 9.56. The third-order valence-electron chi connectivity index (χ3n) is 3.98. The summed E-state index contributed by atoms with van der Waals surface area (Å²) in [7, 11) is -1.29. The Hall–Kier alpha value is 0.467. The summed E-state index contributed by atoms with van der Waals surface area (Å²) in [6.07, 6.45) is 18.1. The summed E-state index contributed by atoms with van der Waals surface area (Å²) in [5, 5.41) is 0. The molecule has 0 atom stereocenters. The van der Waals surface area contributed by atoms with E-state index in [1.165, 1.54) is 89.5 Å². The van der Waals surface area contributed by atoms with E-state index in [2.05, 4.69) is 13.1 Å². The van der Waals surface area contributed by atoms with Crippen LogP contribution in [-0.2, 0) is 0 Å². The van der Waals surface area contributed by atoms with Crippen LogP contribution in [0.5, 0.6) is 0 Å². The van der Waals surface area contributed by atoms with Crippen LogP contribution in [0.15, 0.2) is 0 Å². The standard InChI is InChI=1S/C17H38ClNSi/c1-20(2,18)17-15-13-11-9-7-5-3-4-6-8-10-12-14-16-19/h3-17,19H2,1-2H3. The molecule has 0 aliphatic rings. The Morgan fingerprint density at radius 2 is 0.900 bits per heavy atom. The van der Waals surface area contributed by atoms with E-state index in [4.69, 9.17) is 16.8 Å². The summed E-state index contributed by atoms with van der Waals surface area (Å²) in [5.74, 6) is 0. The van der Waals surface area contributed by atoms with Crippen molar-refractivity contribution in [2.75, 3.05) is 6.54 Å². The van der Waals surface area contributed by atoms with Crippen molar-refractivity contribution in [1.29, 1.82) is 0 Å².